The lowest BCUT2D eigenvalue weighted by molar-refractivity contribution is 0.0646. The summed E-state index contributed by atoms with van der Waals surface area (Å²) in [6.07, 6.45) is 2.78. The smallest absolute Gasteiger partial charge is 0.259 e. The Balaban J connectivity index is 1.57. The van der Waals surface area contributed by atoms with Crippen LogP contribution < -0.4 is 0 Å². The van der Waals surface area contributed by atoms with Gasteiger partial charge in [0.15, 0.2) is 5.76 Å². The number of hydrogen-bond donors (Lipinski definition) is 0. The van der Waals surface area contributed by atoms with Gasteiger partial charge in [-0.1, -0.05) is 5.16 Å². The number of pyridine rings is 1. The van der Waals surface area contributed by atoms with Gasteiger partial charge in [0.1, 0.15) is 15.5 Å². The third-order valence-corrected chi connectivity index (χ3v) is 5.98. The number of furan rings is 1. The second kappa shape index (κ2) is 7.60. The first-order valence-electron chi connectivity index (χ1n) is 9.32. The average Bonchev–Trinajstić information content (AvgIpc) is 3.35. The van der Waals surface area contributed by atoms with Crippen LogP contribution in [0.4, 0.5) is 0 Å². The van der Waals surface area contributed by atoms with Crippen molar-refractivity contribution in [3.8, 4) is 11.5 Å². The van der Waals surface area contributed by atoms with E-state index in [-0.39, 0.29) is 11.7 Å². The lowest BCUT2D eigenvalue weighted by Crippen LogP contribution is -2.49. The maximum absolute atomic E-state index is 13.3. The van der Waals surface area contributed by atoms with E-state index in [4.69, 9.17) is 8.94 Å². The monoisotopic (exact) mass is 418 g/mol. The molecule has 0 bridgehead atoms. The standard InChI is InChI=1S/C19H22N4O5S/c1-13-17-14(12-15(16-4-3-10-27-16)20-18(17)28-21-13)19(24)23-7-5-22(6-8-23)9-11-29(2,25)26/h3-4,10,12H,5-9,11H2,1-2H3. The third kappa shape index (κ3) is 4.18. The molecule has 29 heavy (non-hydrogen) atoms. The number of carbonyl (C=O) groups excluding carboxylic acids is 1. The second-order valence-electron chi connectivity index (χ2n) is 7.24. The van der Waals surface area contributed by atoms with E-state index in [2.05, 4.69) is 15.0 Å². The normalized spacial score (nSPS) is 15.9. The largest absolute Gasteiger partial charge is 0.463 e. The Morgan fingerprint density at radius 2 is 2.00 bits per heavy atom. The summed E-state index contributed by atoms with van der Waals surface area (Å²) in [6.45, 7) is 4.56. The molecule has 0 saturated carbocycles. The van der Waals surface area contributed by atoms with E-state index in [1.165, 1.54) is 6.26 Å². The number of aromatic nitrogens is 2. The Bertz CT molecular complexity index is 1130. The number of nitrogens with zero attached hydrogens (tertiary/aromatic N) is 4. The predicted molar refractivity (Wildman–Crippen MR) is 106 cm³/mol. The second-order valence-corrected chi connectivity index (χ2v) is 9.50. The van der Waals surface area contributed by atoms with Crippen LogP contribution in [0.25, 0.3) is 22.6 Å². The maximum Gasteiger partial charge on any atom is 0.259 e. The van der Waals surface area contributed by atoms with Crippen molar-refractivity contribution in [2.75, 3.05) is 44.7 Å². The molecular formula is C19H22N4O5S. The first-order chi connectivity index (χ1) is 13.8. The summed E-state index contributed by atoms with van der Waals surface area (Å²) >= 11 is 0. The minimum absolute atomic E-state index is 0.123. The van der Waals surface area contributed by atoms with E-state index < -0.39 is 9.84 Å². The molecule has 1 fully saturated rings. The van der Waals surface area contributed by atoms with Crippen molar-refractivity contribution < 1.29 is 22.2 Å². The summed E-state index contributed by atoms with van der Waals surface area (Å²) in [7, 11) is -3.00. The third-order valence-electron chi connectivity index (χ3n) is 5.06. The number of amides is 1. The van der Waals surface area contributed by atoms with E-state index in [9.17, 15) is 13.2 Å². The van der Waals surface area contributed by atoms with Crippen molar-refractivity contribution in [2.24, 2.45) is 0 Å². The van der Waals surface area contributed by atoms with E-state index in [0.29, 0.717) is 66.5 Å². The van der Waals surface area contributed by atoms with Gasteiger partial charge in [-0.05, 0) is 25.1 Å². The lowest BCUT2D eigenvalue weighted by atomic mass is 10.1. The highest BCUT2D eigenvalue weighted by atomic mass is 32.2. The summed E-state index contributed by atoms with van der Waals surface area (Å²) in [5, 5.41) is 4.56. The highest BCUT2D eigenvalue weighted by molar-refractivity contribution is 7.90. The zero-order chi connectivity index (χ0) is 20.6. The van der Waals surface area contributed by atoms with Crippen LogP contribution in [0.2, 0.25) is 0 Å². The van der Waals surface area contributed by atoms with Crippen LogP contribution in [0, 0.1) is 6.92 Å². The number of hydrogen-bond acceptors (Lipinski definition) is 8. The molecule has 0 aliphatic carbocycles. The Morgan fingerprint density at radius 1 is 1.24 bits per heavy atom. The van der Waals surface area contributed by atoms with Crippen molar-refractivity contribution in [3.63, 3.8) is 0 Å². The predicted octanol–water partition coefficient (Wildman–Crippen LogP) is 1.59. The van der Waals surface area contributed by atoms with Gasteiger partial charge in [-0.15, -0.1) is 0 Å². The van der Waals surface area contributed by atoms with Gasteiger partial charge in [0, 0.05) is 39.0 Å². The van der Waals surface area contributed by atoms with Crippen molar-refractivity contribution in [2.45, 2.75) is 6.92 Å². The molecule has 154 valence electrons. The van der Waals surface area contributed by atoms with Gasteiger partial charge in [-0.2, -0.15) is 0 Å². The molecular weight excluding hydrogens is 396 g/mol. The molecule has 1 saturated heterocycles. The van der Waals surface area contributed by atoms with Gasteiger partial charge in [0.05, 0.1) is 28.7 Å². The van der Waals surface area contributed by atoms with E-state index in [1.807, 2.05) is 0 Å². The molecule has 3 aromatic rings. The molecule has 0 N–H and O–H groups in total. The van der Waals surface area contributed by atoms with Gasteiger partial charge in [-0.25, -0.2) is 13.4 Å². The van der Waals surface area contributed by atoms with Crippen LogP contribution in [0.1, 0.15) is 16.1 Å². The van der Waals surface area contributed by atoms with Gasteiger partial charge < -0.3 is 13.8 Å². The van der Waals surface area contributed by atoms with Crippen molar-refractivity contribution in [1.29, 1.82) is 0 Å². The van der Waals surface area contributed by atoms with E-state index in [0.717, 1.165) is 0 Å². The van der Waals surface area contributed by atoms with Gasteiger partial charge in [0.25, 0.3) is 11.6 Å². The quantitative estimate of drug-likeness (QED) is 0.614. The molecule has 3 aromatic heterocycles. The van der Waals surface area contributed by atoms with E-state index >= 15 is 0 Å². The van der Waals surface area contributed by atoms with Crippen LogP contribution in [-0.4, -0.2) is 79.0 Å². The number of carbonyl (C=O) groups is 1. The number of sulfone groups is 1. The molecule has 4 heterocycles. The van der Waals surface area contributed by atoms with Crippen LogP contribution in [0.3, 0.4) is 0 Å². The summed E-state index contributed by atoms with van der Waals surface area (Å²) in [5.74, 6) is 0.540. The molecule has 0 spiro atoms. The minimum atomic E-state index is -3.00. The summed E-state index contributed by atoms with van der Waals surface area (Å²) in [5.41, 5.74) is 1.89. The molecule has 9 nitrogen and oxygen atoms in total. The van der Waals surface area contributed by atoms with Crippen molar-refractivity contribution in [3.05, 3.63) is 35.7 Å². The van der Waals surface area contributed by atoms with Crippen LogP contribution in [-0.2, 0) is 9.84 Å². The fourth-order valence-electron chi connectivity index (χ4n) is 3.45. The molecule has 1 aliphatic heterocycles. The van der Waals surface area contributed by atoms with Crippen LogP contribution >= 0.6 is 0 Å². The minimum Gasteiger partial charge on any atom is -0.463 e. The number of piperazine rings is 1. The summed E-state index contributed by atoms with van der Waals surface area (Å²) in [6, 6.07) is 5.24. The van der Waals surface area contributed by atoms with Crippen LogP contribution in [0.5, 0.6) is 0 Å². The highest BCUT2D eigenvalue weighted by Gasteiger charge is 2.27. The van der Waals surface area contributed by atoms with Crippen molar-refractivity contribution in [1.82, 2.24) is 19.9 Å². The van der Waals surface area contributed by atoms with Crippen LogP contribution in [0.15, 0.2) is 33.4 Å². The fourth-order valence-corrected chi connectivity index (χ4v) is 4.04. The first-order valence-corrected chi connectivity index (χ1v) is 11.4. The first kappa shape index (κ1) is 19.6. The lowest BCUT2D eigenvalue weighted by Gasteiger charge is -2.34. The SMILES string of the molecule is Cc1noc2nc(-c3ccco3)cc(C(=O)N3CCN(CCS(C)(=O)=O)CC3)c12. The zero-order valence-electron chi connectivity index (χ0n) is 16.3. The molecule has 0 aromatic carbocycles. The number of rotatable bonds is 5. The molecule has 0 radical (unpaired) electrons. The summed E-state index contributed by atoms with van der Waals surface area (Å²) in [4.78, 5) is 21.5. The Labute approximate surface area is 168 Å². The average molecular weight is 418 g/mol. The Hall–Kier alpha value is -2.72. The molecule has 0 atom stereocenters. The van der Waals surface area contributed by atoms with Gasteiger partial charge in [-0.3, -0.25) is 9.69 Å². The summed E-state index contributed by atoms with van der Waals surface area (Å²) < 4.78 is 33.5. The van der Waals surface area contributed by atoms with E-state index in [1.54, 1.807) is 36.3 Å². The maximum atomic E-state index is 13.3. The zero-order valence-corrected chi connectivity index (χ0v) is 17.1. The molecule has 0 unspecified atom stereocenters. The van der Waals surface area contributed by atoms with Crippen molar-refractivity contribution >= 4 is 26.8 Å². The fraction of sp³-hybridized carbons (Fsp3) is 0.421. The highest BCUT2D eigenvalue weighted by Crippen LogP contribution is 2.28. The molecule has 10 heteroatoms. The molecule has 1 amide bonds. The molecule has 1 aliphatic rings. The van der Waals surface area contributed by atoms with Gasteiger partial charge >= 0.3 is 0 Å². The Morgan fingerprint density at radius 3 is 2.66 bits per heavy atom. The number of aryl methyl sites for hydroxylation is 1. The molecule has 4 rings (SSSR count). The topological polar surface area (TPSA) is 110 Å². The number of fused-ring (bicyclic) bond motifs is 1. The van der Waals surface area contributed by atoms with Gasteiger partial charge in [0.2, 0.25) is 0 Å². The Kier molecular flexibility index (Phi) is 5.13.